The van der Waals surface area contributed by atoms with E-state index in [0.29, 0.717) is 54.3 Å². The third kappa shape index (κ3) is 8.12. The first-order valence-corrected chi connectivity index (χ1v) is 20.9. The number of allylic oxidation sites excluding steroid dienone is 3. The molecule has 5 atom stereocenters. The smallest absolute Gasteiger partial charge is 0.259 e. The lowest BCUT2D eigenvalue weighted by Gasteiger charge is -2.27. The van der Waals surface area contributed by atoms with Crippen molar-refractivity contribution in [1.29, 1.82) is 0 Å². The lowest BCUT2D eigenvalue weighted by atomic mass is 9.97. The van der Waals surface area contributed by atoms with Gasteiger partial charge in [-0.2, -0.15) is 0 Å². The normalized spacial score (nSPS) is 26.3. The predicted molar refractivity (Wildman–Crippen MR) is 211 cm³/mol. The van der Waals surface area contributed by atoms with Gasteiger partial charge in [0.2, 0.25) is 33.6 Å². The number of aromatic nitrogens is 2. The van der Waals surface area contributed by atoms with E-state index in [1.807, 2.05) is 70.2 Å². The van der Waals surface area contributed by atoms with Crippen molar-refractivity contribution >= 4 is 38.5 Å². The van der Waals surface area contributed by atoms with Gasteiger partial charge in [-0.05, 0) is 101 Å². The van der Waals surface area contributed by atoms with Gasteiger partial charge in [0.05, 0.1) is 30.2 Å². The minimum absolute atomic E-state index is 0.0132. The quantitative estimate of drug-likeness (QED) is 0.260. The summed E-state index contributed by atoms with van der Waals surface area (Å²) in [5.41, 5.74) is 0.991. The minimum Gasteiger partial charge on any atom is -0.497 e. The molecule has 13 nitrogen and oxygen atoms in total. The zero-order valence-electron chi connectivity index (χ0n) is 32.8. The zero-order chi connectivity index (χ0) is 40.0. The maximum Gasteiger partial charge on any atom is 0.259 e. The summed E-state index contributed by atoms with van der Waals surface area (Å²) in [5, 5.41) is 4.46. The van der Waals surface area contributed by atoms with Crippen molar-refractivity contribution in [1.82, 2.24) is 24.9 Å². The summed E-state index contributed by atoms with van der Waals surface area (Å²) in [7, 11) is -2.37. The highest BCUT2D eigenvalue weighted by Gasteiger charge is 2.63. The van der Waals surface area contributed by atoms with Crippen molar-refractivity contribution in [2.75, 3.05) is 13.7 Å². The molecule has 2 saturated carbocycles. The molecule has 2 aromatic heterocycles. The Kier molecular flexibility index (Phi) is 10.6. The fourth-order valence-electron chi connectivity index (χ4n) is 7.68. The van der Waals surface area contributed by atoms with Crippen molar-refractivity contribution < 1.29 is 37.0 Å². The number of methoxy groups -OCH3 is 1. The number of benzene rings is 1. The molecule has 0 bridgehead atoms. The molecule has 0 radical (unpaired) electrons. The highest BCUT2D eigenvalue weighted by molar-refractivity contribution is 7.91. The summed E-state index contributed by atoms with van der Waals surface area (Å²) in [6.07, 6.45) is 9.75. The Morgan fingerprint density at radius 1 is 1.11 bits per heavy atom. The van der Waals surface area contributed by atoms with Gasteiger partial charge in [0.1, 0.15) is 23.4 Å². The van der Waals surface area contributed by atoms with Crippen molar-refractivity contribution in [2.24, 2.45) is 11.8 Å². The van der Waals surface area contributed by atoms with Gasteiger partial charge in [-0.15, -0.1) is 0 Å². The molecule has 0 spiro atoms. The second-order valence-electron chi connectivity index (χ2n) is 16.4. The van der Waals surface area contributed by atoms with Crippen LogP contribution in [-0.2, 0) is 24.4 Å². The number of pyridine rings is 2. The molecule has 298 valence electrons. The largest absolute Gasteiger partial charge is 0.497 e. The van der Waals surface area contributed by atoms with Gasteiger partial charge in [0, 0.05) is 42.0 Å². The molecule has 3 aromatic rings. The van der Waals surface area contributed by atoms with Crippen LogP contribution in [0.3, 0.4) is 0 Å². The first kappa shape index (κ1) is 39.3. The van der Waals surface area contributed by atoms with Gasteiger partial charge in [0.25, 0.3) is 5.91 Å². The summed E-state index contributed by atoms with van der Waals surface area (Å²) >= 11 is 0. The van der Waals surface area contributed by atoms with E-state index in [1.54, 1.807) is 31.2 Å². The standard InChI is InChI=1S/C42H51N5O8S/c1-25(2)54-36-14-11-28(23-43-36)34-20-29-19-31(53-6)12-13-33(29)39(44-34)55-32-21-35-38(49)45-42(40(50)46-56(51,52)41(5)15-16-41)22-30(42)10-8-7-9-26(3)17-27(4)18-37(48)47(35)24-32/h8-14,19-20,23,25,27,30,32,35H,7,15-18,21-22,24H2,1-6H3,(H,45,49)(H,46,50). The molecule has 4 heterocycles. The van der Waals surface area contributed by atoms with E-state index in [-0.39, 0.29) is 43.7 Å². The molecule has 2 aliphatic carbocycles. The van der Waals surface area contributed by atoms with Gasteiger partial charge in [0.15, 0.2) is 0 Å². The number of hydrogen-bond donors (Lipinski definition) is 2. The third-order valence-electron chi connectivity index (χ3n) is 11.3. The van der Waals surface area contributed by atoms with Crippen molar-refractivity contribution in [3.63, 3.8) is 0 Å². The van der Waals surface area contributed by atoms with Crippen LogP contribution in [0.15, 0.2) is 66.4 Å². The molecule has 1 aromatic carbocycles. The van der Waals surface area contributed by atoms with E-state index in [4.69, 9.17) is 19.2 Å². The SMILES string of the molecule is COc1ccc2c(OC3CC4C(=O)NC5(C(=O)NS(=O)(=O)C6(C)CC6)CC5C=CCC=C(C)CC(C)CC(=O)N4C3)nc(-c3ccc(OC(C)C)nc3)cc2c1. The summed E-state index contributed by atoms with van der Waals surface area (Å²) in [6, 6.07) is 10.2. The number of carbonyl (C=O) groups excluding carboxylic acids is 3. The zero-order valence-corrected chi connectivity index (χ0v) is 33.6. The van der Waals surface area contributed by atoms with Crippen molar-refractivity contribution in [2.45, 2.75) is 108 Å². The van der Waals surface area contributed by atoms with Crippen LogP contribution in [0.1, 0.15) is 79.6 Å². The Labute approximate surface area is 328 Å². The Balaban J connectivity index is 1.20. The average Bonchev–Trinajstić information content (AvgIpc) is 4.02. The molecule has 7 rings (SSSR count). The maximum absolute atomic E-state index is 14.4. The minimum atomic E-state index is -3.96. The van der Waals surface area contributed by atoms with Gasteiger partial charge >= 0.3 is 0 Å². The highest BCUT2D eigenvalue weighted by Crippen LogP contribution is 2.47. The van der Waals surface area contributed by atoms with Crippen LogP contribution in [0, 0.1) is 11.8 Å². The Morgan fingerprint density at radius 2 is 1.89 bits per heavy atom. The summed E-state index contributed by atoms with van der Waals surface area (Å²) < 4.78 is 45.5. The molecule has 2 aliphatic heterocycles. The van der Waals surface area contributed by atoms with Crippen LogP contribution in [0.4, 0.5) is 0 Å². The molecule has 56 heavy (non-hydrogen) atoms. The monoisotopic (exact) mass is 785 g/mol. The first-order chi connectivity index (χ1) is 26.6. The molecule has 5 unspecified atom stereocenters. The second kappa shape index (κ2) is 15.2. The molecule has 4 aliphatic rings. The fraction of sp³-hybridized carbons (Fsp3) is 0.500. The van der Waals surface area contributed by atoms with E-state index in [1.165, 1.54) is 0 Å². The van der Waals surface area contributed by atoms with Gasteiger partial charge in [-0.3, -0.25) is 19.1 Å². The number of amides is 3. The molecule has 3 fully saturated rings. The van der Waals surface area contributed by atoms with E-state index < -0.39 is 50.2 Å². The van der Waals surface area contributed by atoms with Gasteiger partial charge in [-0.1, -0.05) is 30.7 Å². The molecule has 2 N–H and O–H groups in total. The lowest BCUT2D eigenvalue weighted by Crippen LogP contribution is -2.57. The number of rotatable bonds is 9. The van der Waals surface area contributed by atoms with Crippen LogP contribution >= 0.6 is 0 Å². The number of ether oxygens (including phenoxy) is 3. The number of nitrogens with zero attached hydrogens (tertiary/aromatic N) is 3. The van der Waals surface area contributed by atoms with Crippen molar-refractivity contribution in [3.05, 3.63) is 66.4 Å². The maximum atomic E-state index is 14.4. The van der Waals surface area contributed by atoms with E-state index in [9.17, 15) is 22.8 Å². The number of carbonyl (C=O) groups is 3. The predicted octanol–water partition coefficient (Wildman–Crippen LogP) is 5.64. The Morgan fingerprint density at radius 3 is 2.59 bits per heavy atom. The van der Waals surface area contributed by atoms with E-state index in [0.717, 1.165) is 16.5 Å². The number of nitrogens with one attached hydrogen (secondary N) is 2. The highest BCUT2D eigenvalue weighted by atomic mass is 32.2. The molecule has 14 heteroatoms. The topological polar surface area (TPSA) is 166 Å². The number of hydrogen-bond acceptors (Lipinski definition) is 10. The van der Waals surface area contributed by atoms with Gasteiger partial charge in [-0.25, -0.2) is 18.4 Å². The summed E-state index contributed by atoms with van der Waals surface area (Å²) in [5.74, 6) is -0.439. The molecular weight excluding hydrogens is 735 g/mol. The summed E-state index contributed by atoms with van der Waals surface area (Å²) in [4.78, 5) is 53.2. The number of sulfonamides is 1. The Bertz CT molecular complexity index is 2200. The molecule has 3 amide bonds. The van der Waals surface area contributed by atoms with Crippen LogP contribution < -0.4 is 24.2 Å². The average molecular weight is 786 g/mol. The van der Waals surface area contributed by atoms with Gasteiger partial charge < -0.3 is 24.4 Å². The van der Waals surface area contributed by atoms with Crippen molar-refractivity contribution in [3.8, 4) is 28.8 Å². The molecule has 1 saturated heterocycles. The third-order valence-corrected chi connectivity index (χ3v) is 13.5. The van der Waals surface area contributed by atoms with E-state index in [2.05, 4.69) is 21.1 Å². The van der Waals surface area contributed by atoms with Crippen LogP contribution in [0.2, 0.25) is 0 Å². The molecular formula is C42H51N5O8S. The number of fused-ring (bicyclic) bond motifs is 3. The van der Waals surface area contributed by atoms with E-state index >= 15 is 0 Å². The van der Waals surface area contributed by atoms with Crippen LogP contribution in [0.25, 0.3) is 22.0 Å². The fourth-order valence-corrected chi connectivity index (χ4v) is 8.99. The first-order valence-electron chi connectivity index (χ1n) is 19.4. The lowest BCUT2D eigenvalue weighted by molar-refractivity contribution is -0.140. The Hall–Kier alpha value is -4.98. The summed E-state index contributed by atoms with van der Waals surface area (Å²) in [6.45, 7) is 9.63. The van der Waals surface area contributed by atoms with Crippen LogP contribution in [-0.4, -0.2) is 83.2 Å². The second-order valence-corrected chi connectivity index (χ2v) is 18.6. The van der Waals surface area contributed by atoms with Crippen LogP contribution in [0.5, 0.6) is 17.5 Å².